The topological polar surface area (TPSA) is 21.6 Å². The second-order valence-electron chi connectivity index (χ2n) is 3.81. The molecule has 0 aromatic carbocycles. The standard InChI is InChI=1S/C9H16NOS.Y/c1-7(2)12(5)8-6-9(3,4)11-10-8;/h5-6H2,1-4H3;/q-1;. The van der Waals surface area contributed by atoms with Crippen LogP contribution in [0.3, 0.4) is 0 Å². The van der Waals surface area contributed by atoms with E-state index in [1.807, 2.05) is 13.8 Å². The average molecular weight is 275 g/mol. The van der Waals surface area contributed by atoms with Crippen molar-refractivity contribution in [3.05, 3.63) is 5.25 Å². The van der Waals surface area contributed by atoms with Crippen molar-refractivity contribution in [3.8, 4) is 0 Å². The van der Waals surface area contributed by atoms with Crippen LogP contribution in [0.2, 0.25) is 0 Å². The van der Waals surface area contributed by atoms with Gasteiger partial charge in [0.1, 0.15) is 5.60 Å². The van der Waals surface area contributed by atoms with E-state index in [4.69, 9.17) is 4.84 Å². The summed E-state index contributed by atoms with van der Waals surface area (Å²) in [5, 5.41) is 6.47. The Kier molecular flexibility index (Phi) is 5.35. The van der Waals surface area contributed by atoms with E-state index in [0.29, 0.717) is 0 Å². The molecule has 0 aromatic heterocycles. The molecule has 0 spiro atoms. The molecule has 2 nitrogen and oxygen atoms in total. The molecule has 0 fully saturated rings. The van der Waals surface area contributed by atoms with Crippen LogP contribution in [-0.2, 0) is 37.5 Å². The fourth-order valence-corrected chi connectivity index (χ4v) is 2.09. The van der Waals surface area contributed by atoms with Crippen LogP contribution in [0.15, 0.2) is 5.16 Å². The van der Waals surface area contributed by atoms with Gasteiger partial charge in [-0.15, -0.1) is 0 Å². The maximum atomic E-state index is 5.27. The van der Waals surface area contributed by atoms with E-state index in [1.165, 1.54) is 5.25 Å². The first-order valence-corrected chi connectivity index (χ1v) is 5.41. The van der Waals surface area contributed by atoms with E-state index in [9.17, 15) is 0 Å². The van der Waals surface area contributed by atoms with Crippen LogP contribution >= 0.6 is 10.5 Å². The zero-order chi connectivity index (χ0) is 9.35. The summed E-state index contributed by atoms with van der Waals surface area (Å²) in [6, 6.07) is 0. The summed E-state index contributed by atoms with van der Waals surface area (Å²) in [6.07, 6.45) is 0.908. The van der Waals surface area contributed by atoms with Crippen molar-refractivity contribution in [2.45, 2.75) is 39.7 Å². The van der Waals surface area contributed by atoms with Gasteiger partial charge in [-0.25, -0.2) is 0 Å². The minimum absolute atomic E-state index is 0. The Labute approximate surface area is 108 Å². The fourth-order valence-electron chi connectivity index (χ4n) is 0.971. The number of nitrogens with zero attached hydrogens (tertiary/aromatic N) is 1. The second kappa shape index (κ2) is 5.04. The summed E-state index contributed by atoms with van der Waals surface area (Å²) < 4.78 is 0. The number of oxime groups is 1. The largest absolute Gasteiger partial charge is 0.389 e. The Morgan fingerprint density at radius 2 is 2.08 bits per heavy atom. The van der Waals surface area contributed by atoms with Gasteiger partial charge < -0.3 is 15.3 Å². The summed E-state index contributed by atoms with van der Waals surface area (Å²) in [5.41, 5.74) is -0.117. The molecule has 0 bridgehead atoms. The SMILES string of the molecule is C=S(C1=NOC(C)(C)C1)[C-](C)C.[Y]. The van der Waals surface area contributed by atoms with Gasteiger partial charge in [-0.2, -0.15) is 13.8 Å². The van der Waals surface area contributed by atoms with Gasteiger partial charge in [0, 0.05) is 39.1 Å². The first kappa shape index (κ1) is 13.8. The van der Waals surface area contributed by atoms with Gasteiger partial charge in [0.2, 0.25) is 0 Å². The molecule has 1 radical (unpaired) electrons. The minimum atomic E-state index is -0.117. The Balaban J connectivity index is 0.00000144. The Morgan fingerprint density at radius 3 is 2.38 bits per heavy atom. The molecule has 1 heterocycles. The monoisotopic (exact) mass is 275 g/mol. The Bertz CT molecular complexity index is 236. The predicted molar refractivity (Wildman–Crippen MR) is 56.5 cm³/mol. The zero-order valence-electron chi connectivity index (χ0n) is 8.76. The molecule has 1 aliphatic rings. The smallest absolute Gasteiger partial charge is 0.138 e. The molecule has 73 valence electrons. The molecule has 0 aliphatic carbocycles. The van der Waals surface area contributed by atoms with E-state index in [0.717, 1.165) is 11.5 Å². The van der Waals surface area contributed by atoms with Crippen molar-refractivity contribution in [2.24, 2.45) is 5.16 Å². The third-order valence-corrected chi connectivity index (χ3v) is 3.52. The average Bonchev–Trinajstić information content (AvgIpc) is 2.28. The van der Waals surface area contributed by atoms with Gasteiger partial charge in [-0.1, -0.05) is 11.0 Å². The van der Waals surface area contributed by atoms with E-state index >= 15 is 0 Å². The fraction of sp³-hybridized carbons (Fsp3) is 0.667. The normalized spacial score (nSPS) is 21.8. The molecule has 1 rings (SSSR count). The molecular formula is C9H16NOSY-. The molecule has 0 saturated carbocycles. The zero-order valence-corrected chi connectivity index (χ0v) is 12.4. The van der Waals surface area contributed by atoms with Gasteiger partial charge in [0.05, 0.1) is 5.04 Å². The first-order valence-electron chi connectivity index (χ1n) is 4.01. The van der Waals surface area contributed by atoms with Crippen LogP contribution in [-0.4, -0.2) is 16.5 Å². The van der Waals surface area contributed by atoms with Gasteiger partial charge >= 0.3 is 0 Å². The van der Waals surface area contributed by atoms with Crippen molar-refractivity contribution >= 4 is 21.4 Å². The van der Waals surface area contributed by atoms with E-state index in [2.05, 4.69) is 24.9 Å². The maximum absolute atomic E-state index is 5.27. The van der Waals surface area contributed by atoms with Crippen molar-refractivity contribution in [2.75, 3.05) is 0 Å². The first-order chi connectivity index (χ1) is 5.42. The van der Waals surface area contributed by atoms with Crippen LogP contribution in [0.1, 0.15) is 34.1 Å². The van der Waals surface area contributed by atoms with E-state index in [1.54, 1.807) is 0 Å². The molecule has 1 atom stereocenters. The van der Waals surface area contributed by atoms with Gasteiger partial charge in [0.15, 0.2) is 0 Å². The predicted octanol–water partition coefficient (Wildman–Crippen LogP) is 2.77. The molecular weight excluding hydrogens is 259 g/mol. The summed E-state index contributed by atoms with van der Waals surface area (Å²) in [5.74, 6) is 4.07. The molecule has 13 heavy (non-hydrogen) atoms. The third-order valence-electron chi connectivity index (χ3n) is 1.75. The van der Waals surface area contributed by atoms with Crippen molar-refractivity contribution in [3.63, 3.8) is 0 Å². The van der Waals surface area contributed by atoms with Crippen LogP contribution in [0.4, 0.5) is 0 Å². The Hall–Kier alpha value is 0.794. The van der Waals surface area contributed by atoms with Crippen LogP contribution in [0.5, 0.6) is 0 Å². The molecule has 4 heteroatoms. The number of rotatable bonds is 1. The van der Waals surface area contributed by atoms with Crippen LogP contribution < -0.4 is 0 Å². The van der Waals surface area contributed by atoms with Gasteiger partial charge in [0.25, 0.3) is 0 Å². The van der Waals surface area contributed by atoms with Crippen molar-refractivity contribution in [1.82, 2.24) is 0 Å². The molecule has 1 unspecified atom stereocenters. The summed E-state index contributed by atoms with van der Waals surface area (Å²) in [6.45, 7) is 8.27. The van der Waals surface area contributed by atoms with Gasteiger partial charge in [-0.05, 0) is 13.8 Å². The summed E-state index contributed by atoms with van der Waals surface area (Å²) >= 11 is 0. The summed E-state index contributed by atoms with van der Waals surface area (Å²) in [7, 11) is -0.0520. The second-order valence-corrected chi connectivity index (χ2v) is 5.88. The molecule has 0 amide bonds. The maximum Gasteiger partial charge on any atom is 0.138 e. The van der Waals surface area contributed by atoms with Crippen molar-refractivity contribution in [1.29, 1.82) is 0 Å². The van der Waals surface area contributed by atoms with Crippen molar-refractivity contribution < 1.29 is 37.5 Å². The third kappa shape index (κ3) is 3.80. The van der Waals surface area contributed by atoms with E-state index in [-0.39, 0.29) is 48.8 Å². The Morgan fingerprint density at radius 1 is 1.54 bits per heavy atom. The van der Waals surface area contributed by atoms with Gasteiger partial charge in [-0.3, -0.25) is 5.25 Å². The molecule has 0 aromatic rings. The number of hydrogen-bond acceptors (Lipinski definition) is 2. The molecule has 1 aliphatic heterocycles. The summed E-state index contributed by atoms with van der Waals surface area (Å²) in [4.78, 5) is 5.27. The number of hydrogen-bond donors (Lipinski definition) is 0. The molecule has 0 saturated heterocycles. The van der Waals surface area contributed by atoms with Crippen LogP contribution in [0, 0.1) is 5.25 Å². The minimum Gasteiger partial charge on any atom is -0.389 e. The van der Waals surface area contributed by atoms with E-state index < -0.39 is 0 Å². The quantitative estimate of drug-likeness (QED) is 0.532. The van der Waals surface area contributed by atoms with Crippen LogP contribution in [0.25, 0.3) is 0 Å². The molecule has 0 N–H and O–H groups in total.